The number of aromatic nitrogens is 2. The minimum absolute atomic E-state index is 0. The monoisotopic (exact) mass is 654 g/mol. The molecule has 4 nitrogen and oxygen atoms in total. The Kier molecular flexibility index (Phi) is 12.9. The average molecular weight is 655 g/mol. The van der Waals surface area contributed by atoms with Crippen molar-refractivity contribution >= 4 is 34.9 Å². The fraction of sp³-hybridized carbons (Fsp3) is 0.0952. The van der Waals surface area contributed by atoms with E-state index in [1.165, 1.54) is 22.3 Å². The van der Waals surface area contributed by atoms with Gasteiger partial charge in [-0.2, -0.15) is 0 Å². The topological polar surface area (TPSA) is 54.0 Å². The molecular formula is C42H38FeN4. The van der Waals surface area contributed by atoms with Crippen molar-refractivity contribution in [3.05, 3.63) is 201 Å². The number of aryl methyl sites for hydroxylation is 4. The molecule has 0 atom stereocenters. The van der Waals surface area contributed by atoms with Crippen molar-refractivity contribution < 1.29 is 17.1 Å². The fourth-order valence-corrected chi connectivity index (χ4v) is 4.99. The summed E-state index contributed by atoms with van der Waals surface area (Å²) in [7, 11) is 0. The summed E-state index contributed by atoms with van der Waals surface area (Å²) in [5.41, 5.74) is 12.6. The van der Waals surface area contributed by atoms with Gasteiger partial charge in [-0.15, -0.1) is 22.8 Å². The second kappa shape index (κ2) is 17.5. The van der Waals surface area contributed by atoms with Crippen LogP contribution in [0.1, 0.15) is 44.8 Å². The van der Waals surface area contributed by atoms with Crippen molar-refractivity contribution in [2.45, 2.75) is 27.7 Å². The summed E-state index contributed by atoms with van der Waals surface area (Å²) in [6.45, 7) is 8.37. The summed E-state index contributed by atoms with van der Waals surface area (Å²) >= 11 is 0. The maximum atomic E-state index is 4.94. The number of para-hydroxylation sites is 2. The van der Waals surface area contributed by atoms with Crippen LogP contribution in [0.3, 0.4) is 0 Å². The Bertz CT molecular complexity index is 1720. The van der Waals surface area contributed by atoms with Crippen LogP contribution in [0.25, 0.3) is 34.2 Å². The first kappa shape index (κ1) is 34.6. The minimum Gasteiger partial charge on any atom is -0.657 e. The zero-order chi connectivity index (χ0) is 32.1. The van der Waals surface area contributed by atoms with E-state index in [2.05, 4.69) is 98.3 Å². The van der Waals surface area contributed by atoms with Crippen molar-refractivity contribution in [1.29, 1.82) is 0 Å². The summed E-state index contributed by atoms with van der Waals surface area (Å²) in [4.78, 5) is 8.79. The van der Waals surface area contributed by atoms with Crippen LogP contribution >= 0.6 is 0 Å². The predicted molar refractivity (Wildman–Crippen MR) is 195 cm³/mol. The molecule has 0 bridgehead atoms. The Morgan fingerprint density at radius 2 is 0.766 bits per heavy atom. The largest absolute Gasteiger partial charge is 2.00 e. The minimum atomic E-state index is 0. The average Bonchev–Trinajstić information content (AvgIpc) is 3.09. The molecule has 0 N–H and O–H groups in total. The van der Waals surface area contributed by atoms with Crippen LogP contribution in [0.2, 0.25) is 0 Å². The van der Waals surface area contributed by atoms with Crippen molar-refractivity contribution in [3.63, 3.8) is 0 Å². The summed E-state index contributed by atoms with van der Waals surface area (Å²) in [6.07, 6.45) is 7.66. The Balaban J connectivity index is 0.000000208. The number of pyridine rings is 2. The third kappa shape index (κ3) is 9.88. The van der Waals surface area contributed by atoms with E-state index in [1.807, 2.05) is 84.9 Å². The maximum absolute atomic E-state index is 4.94. The zero-order valence-electron chi connectivity index (χ0n) is 27.2. The molecule has 6 aromatic rings. The number of hydrogen-bond donors (Lipinski definition) is 0. The zero-order valence-corrected chi connectivity index (χ0v) is 28.3. The van der Waals surface area contributed by atoms with Gasteiger partial charge in [0.1, 0.15) is 0 Å². The van der Waals surface area contributed by atoms with Gasteiger partial charge in [0.25, 0.3) is 0 Å². The second-order valence-electron chi connectivity index (χ2n) is 11.0. The van der Waals surface area contributed by atoms with Gasteiger partial charge in [0.05, 0.1) is 11.4 Å². The van der Waals surface area contributed by atoms with Crippen LogP contribution in [0.15, 0.2) is 146 Å². The van der Waals surface area contributed by atoms with Crippen molar-refractivity contribution in [2.24, 2.45) is 0 Å². The molecule has 0 aliphatic heterocycles. The molecule has 47 heavy (non-hydrogen) atoms. The standard InChI is InChI=1S/2C21H19N2.Fe/c2*1-16-9-8-10-17(2)21(16)23-20(18-11-4-3-5-12-18)15-19-13-6-7-14-22-19;/h2*3-15H,1-2H3;/q2*-1;+2/b2*20-15-;. The van der Waals surface area contributed by atoms with E-state index >= 15 is 0 Å². The van der Waals surface area contributed by atoms with Gasteiger partial charge in [-0.05, 0) is 63.1 Å². The van der Waals surface area contributed by atoms with Crippen molar-refractivity contribution in [3.8, 4) is 0 Å². The van der Waals surface area contributed by atoms with E-state index < -0.39 is 0 Å². The molecule has 0 aliphatic rings. The van der Waals surface area contributed by atoms with Gasteiger partial charge in [0.15, 0.2) is 0 Å². The molecule has 2 heterocycles. The van der Waals surface area contributed by atoms with E-state index in [0.717, 1.165) is 45.3 Å². The normalized spacial score (nSPS) is 11.1. The summed E-state index contributed by atoms with van der Waals surface area (Å²) in [6, 6.07) is 44.7. The number of hydrogen-bond acceptors (Lipinski definition) is 2. The number of rotatable bonds is 8. The van der Waals surface area contributed by atoms with Gasteiger partial charge in [-0.25, -0.2) is 0 Å². The molecule has 0 saturated heterocycles. The van der Waals surface area contributed by atoms with Gasteiger partial charge >= 0.3 is 17.1 Å². The Morgan fingerprint density at radius 3 is 1.09 bits per heavy atom. The molecule has 4 aromatic carbocycles. The van der Waals surface area contributed by atoms with E-state index in [-0.39, 0.29) is 17.1 Å². The number of nitrogens with zero attached hydrogens (tertiary/aromatic N) is 4. The van der Waals surface area contributed by atoms with Crippen LogP contribution < -0.4 is 0 Å². The molecule has 0 radical (unpaired) electrons. The SMILES string of the molecule is Cc1cccc(C)c1[N-]/C(=C\c1ccccn1)c1ccccc1.Cc1cccc(C)c1[N-]/C(=C\c1ccccn1)c1ccccc1.[Fe+2]. The van der Waals surface area contributed by atoms with E-state index in [9.17, 15) is 0 Å². The first-order chi connectivity index (χ1) is 22.5. The molecule has 234 valence electrons. The third-order valence-corrected chi connectivity index (χ3v) is 7.43. The molecule has 0 saturated carbocycles. The van der Waals surface area contributed by atoms with Crippen LogP contribution in [0.5, 0.6) is 0 Å². The summed E-state index contributed by atoms with van der Waals surface area (Å²) in [5, 5.41) is 9.89. The molecule has 0 amide bonds. The van der Waals surface area contributed by atoms with Crippen LogP contribution in [-0.4, -0.2) is 9.97 Å². The Hall–Kier alpha value is -5.22. The molecule has 0 unspecified atom stereocenters. The van der Waals surface area contributed by atoms with E-state index in [1.54, 1.807) is 12.4 Å². The van der Waals surface area contributed by atoms with E-state index in [0.29, 0.717) is 0 Å². The Labute approximate surface area is 289 Å². The molecule has 2 aromatic heterocycles. The van der Waals surface area contributed by atoms with Crippen molar-refractivity contribution in [1.82, 2.24) is 9.97 Å². The fourth-order valence-electron chi connectivity index (χ4n) is 4.99. The second-order valence-corrected chi connectivity index (χ2v) is 11.0. The molecule has 0 fully saturated rings. The third-order valence-electron chi connectivity index (χ3n) is 7.43. The summed E-state index contributed by atoms with van der Waals surface area (Å²) in [5.74, 6) is 0. The number of benzene rings is 4. The first-order valence-corrected chi connectivity index (χ1v) is 15.4. The van der Waals surface area contributed by atoms with Crippen LogP contribution in [0, 0.1) is 27.7 Å². The quantitative estimate of drug-likeness (QED) is 0.153. The maximum Gasteiger partial charge on any atom is 2.00 e. The van der Waals surface area contributed by atoms with Gasteiger partial charge < -0.3 is 10.6 Å². The van der Waals surface area contributed by atoms with Gasteiger partial charge in [-0.3, -0.25) is 9.97 Å². The van der Waals surface area contributed by atoms with Crippen LogP contribution in [-0.2, 0) is 17.1 Å². The predicted octanol–water partition coefficient (Wildman–Crippen LogP) is 11.8. The van der Waals surface area contributed by atoms with Gasteiger partial charge in [0, 0.05) is 12.4 Å². The first-order valence-electron chi connectivity index (χ1n) is 15.4. The molecule has 0 aliphatic carbocycles. The molecule has 6 rings (SSSR count). The molecule has 0 spiro atoms. The smallest absolute Gasteiger partial charge is 0.657 e. The summed E-state index contributed by atoms with van der Waals surface area (Å²) < 4.78 is 0. The molecular weight excluding hydrogens is 616 g/mol. The van der Waals surface area contributed by atoms with E-state index in [4.69, 9.17) is 10.6 Å². The van der Waals surface area contributed by atoms with Crippen LogP contribution in [0.4, 0.5) is 11.4 Å². The molecule has 5 heteroatoms. The van der Waals surface area contributed by atoms with Crippen molar-refractivity contribution in [2.75, 3.05) is 0 Å². The van der Waals surface area contributed by atoms with Gasteiger partial charge in [0.2, 0.25) is 0 Å². The van der Waals surface area contributed by atoms with Gasteiger partial charge in [-0.1, -0.05) is 144 Å². The Morgan fingerprint density at radius 1 is 0.426 bits per heavy atom.